The summed E-state index contributed by atoms with van der Waals surface area (Å²) in [5, 5.41) is 8.34. The number of aryl methyl sites for hydroxylation is 1. The van der Waals surface area contributed by atoms with Gasteiger partial charge in [0.15, 0.2) is 0 Å². The van der Waals surface area contributed by atoms with Crippen LogP contribution in [0.1, 0.15) is 129 Å². The van der Waals surface area contributed by atoms with Gasteiger partial charge >= 0.3 is 5.97 Å². The van der Waals surface area contributed by atoms with Gasteiger partial charge in [0.25, 0.3) is 0 Å². The maximum atomic E-state index is 11.3. The number of nitrogens with zero attached hydrogens (tertiary/aromatic N) is 2. The number of hydrogen-bond acceptors (Lipinski definition) is 7. The molecule has 1 heterocycles. The highest BCUT2D eigenvalue weighted by atomic mass is 16.5. The Morgan fingerprint density at radius 3 is 1.79 bits per heavy atom. The zero-order chi connectivity index (χ0) is 38.9. The summed E-state index contributed by atoms with van der Waals surface area (Å²) in [6.45, 7) is 19.7. The van der Waals surface area contributed by atoms with E-state index in [1.54, 1.807) is 12.1 Å². The van der Waals surface area contributed by atoms with Crippen LogP contribution in [-0.2, 0) is 21.4 Å². The van der Waals surface area contributed by atoms with Gasteiger partial charge in [-0.2, -0.15) is 0 Å². The number of hydrogen-bond donors (Lipinski definition) is 1. The predicted octanol–water partition coefficient (Wildman–Crippen LogP) is 11.3. The fourth-order valence-corrected chi connectivity index (χ4v) is 4.55. The van der Waals surface area contributed by atoms with Crippen LogP contribution < -0.4 is 10.5 Å². The molecule has 0 bridgehead atoms. The Morgan fingerprint density at radius 2 is 1.35 bits per heavy atom. The number of unbranched alkanes of at least 4 members (excludes halogenated alkanes) is 4. The van der Waals surface area contributed by atoms with Gasteiger partial charge in [0.1, 0.15) is 5.75 Å². The molecule has 0 radical (unpaired) electrons. The molecule has 52 heavy (non-hydrogen) atoms. The fraction of sp³-hybridized carbons (Fsp3) is 0.455. The molecule has 1 aromatic heterocycles. The highest BCUT2D eigenvalue weighted by Crippen LogP contribution is 2.26. The smallest absolute Gasteiger partial charge is 0.305 e. The topological polar surface area (TPSA) is 118 Å². The summed E-state index contributed by atoms with van der Waals surface area (Å²) in [6.07, 6.45) is 10.4. The SMILES string of the molecule is C/C=C(\C)CC.CC.CC(C)(C)c1ccc(C(N)=O)cc1.CCCCCCCOc1ccc(-c2nnc(-c3ccc(CCC(=O)OC)cc3)o2)cc1. The number of carbonyl (C=O) groups is 2. The van der Waals surface area contributed by atoms with Gasteiger partial charge in [-0.25, -0.2) is 0 Å². The average Bonchev–Trinajstić information content (AvgIpc) is 3.67. The zero-order valence-electron chi connectivity index (χ0n) is 33.4. The van der Waals surface area contributed by atoms with Gasteiger partial charge in [-0.05, 0) is 98.2 Å². The van der Waals surface area contributed by atoms with Gasteiger partial charge < -0.3 is 19.6 Å². The molecule has 8 heteroatoms. The lowest BCUT2D eigenvalue weighted by molar-refractivity contribution is -0.140. The second kappa shape index (κ2) is 25.3. The summed E-state index contributed by atoms with van der Waals surface area (Å²) in [5.74, 6) is 1.19. The number of amides is 1. The first-order valence-electron chi connectivity index (χ1n) is 18.7. The molecule has 4 aromatic rings. The third-order valence-electron chi connectivity index (χ3n) is 8.18. The summed E-state index contributed by atoms with van der Waals surface area (Å²) >= 11 is 0. The number of nitrogens with two attached hydrogens (primary N) is 1. The number of rotatable bonds is 14. The standard InChI is InChI=1S/C25H30N2O4.C11H15NO.C6H12.C2H6/c1-3-4-5-6-7-18-30-22-15-13-21(14-16-22)25-27-26-24(31-25)20-11-8-19(9-12-20)10-17-23(28)29-2;1-11(2,3)9-6-4-8(5-7-9)10(12)13;1-4-6(3)5-2;1-2/h8-9,11-16H,3-7,10,17-18H2,1-2H3;4-7H,1-3H3,(H2,12,13);4H,5H2,1-3H3;1-2H3/b;;6-4+;. The highest BCUT2D eigenvalue weighted by molar-refractivity contribution is 5.92. The molecule has 0 aliphatic carbocycles. The number of methoxy groups -OCH3 is 1. The first-order valence-corrected chi connectivity index (χ1v) is 18.7. The van der Waals surface area contributed by atoms with E-state index in [1.807, 2.05) is 74.5 Å². The van der Waals surface area contributed by atoms with Gasteiger partial charge in [0.2, 0.25) is 17.7 Å². The molecule has 0 aliphatic heterocycles. The van der Waals surface area contributed by atoms with Crippen LogP contribution in [0, 0.1) is 0 Å². The molecule has 0 fully saturated rings. The van der Waals surface area contributed by atoms with Crippen molar-refractivity contribution >= 4 is 11.9 Å². The zero-order valence-corrected chi connectivity index (χ0v) is 33.4. The van der Waals surface area contributed by atoms with Crippen molar-refractivity contribution in [2.45, 2.75) is 119 Å². The lowest BCUT2D eigenvalue weighted by Gasteiger charge is -2.18. The average molecular weight is 714 g/mol. The molecule has 4 rings (SSSR count). The number of aromatic nitrogens is 2. The van der Waals surface area contributed by atoms with Crippen LogP contribution in [-0.4, -0.2) is 35.8 Å². The van der Waals surface area contributed by atoms with E-state index in [1.165, 1.54) is 50.4 Å². The van der Waals surface area contributed by atoms with Gasteiger partial charge in [0.05, 0.1) is 13.7 Å². The predicted molar refractivity (Wildman–Crippen MR) is 214 cm³/mol. The molecule has 0 aliphatic rings. The molecule has 0 saturated carbocycles. The fourth-order valence-electron chi connectivity index (χ4n) is 4.55. The van der Waals surface area contributed by atoms with Crippen LogP contribution in [0.2, 0.25) is 0 Å². The summed E-state index contributed by atoms with van der Waals surface area (Å²) in [7, 11) is 1.40. The van der Waals surface area contributed by atoms with Crippen LogP contribution >= 0.6 is 0 Å². The summed E-state index contributed by atoms with van der Waals surface area (Å²) in [4.78, 5) is 22.1. The maximum absolute atomic E-state index is 11.3. The Hall–Kier alpha value is -4.72. The summed E-state index contributed by atoms with van der Waals surface area (Å²) in [5.41, 5.74) is 11.2. The van der Waals surface area contributed by atoms with Crippen molar-refractivity contribution in [2.75, 3.05) is 13.7 Å². The Balaban J connectivity index is 0.000000529. The molecule has 8 nitrogen and oxygen atoms in total. The second-order valence-electron chi connectivity index (χ2n) is 13.2. The van der Waals surface area contributed by atoms with Crippen LogP contribution in [0.5, 0.6) is 5.75 Å². The Bertz CT molecular complexity index is 1580. The van der Waals surface area contributed by atoms with E-state index in [0.717, 1.165) is 35.5 Å². The number of ether oxygens (including phenoxy) is 2. The minimum absolute atomic E-state index is 0.121. The van der Waals surface area contributed by atoms with E-state index < -0.39 is 0 Å². The van der Waals surface area contributed by atoms with Crippen LogP contribution in [0.25, 0.3) is 22.9 Å². The van der Waals surface area contributed by atoms with E-state index >= 15 is 0 Å². The van der Waals surface area contributed by atoms with Gasteiger partial charge in [-0.3, -0.25) is 9.59 Å². The molecule has 0 atom stereocenters. The molecule has 284 valence electrons. The van der Waals surface area contributed by atoms with E-state index in [0.29, 0.717) is 30.2 Å². The van der Waals surface area contributed by atoms with Gasteiger partial charge in [-0.15, -0.1) is 10.2 Å². The summed E-state index contributed by atoms with van der Waals surface area (Å²) in [6, 6.07) is 22.9. The lowest BCUT2D eigenvalue weighted by atomic mass is 9.87. The number of carbonyl (C=O) groups excluding carboxylic acids is 2. The van der Waals surface area contributed by atoms with Crippen LogP contribution in [0.15, 0.2) is 88.9 Å². The normalized spacial score (nSPS) is 10.8. The van der Waals surface area contributed by atoms with Crippen molar-refractivity contribution in [3.8, 4) is 28.7 Å². The van der Waals surface area contributed by atoms with Gasteiger partial charge in [0, 0.05) is 23.1 Å². The molecule has 1 amide bonds. The monoisotopic (exact) mass is 713 g/mol. The maximum Gasteiger partial charge on any atom is 0.305 e. The van der Waals surface area contributed by atoms with Crippen molar-refractivity contribution in [1.82, 2.24) is 10.2 Å². The second-order valence-corrected chi connectivity index (χ2v) is 13.2. The quantitative estimate of drug-likeness (QED) is 0.0785. The minimum atomic E-state index is -0.375. The van der Waals surface area contributed by atoms with E-state index in [2.05, 4.69) is 69.5 Å². The third kappa shape index (κ3) is 17.5. The molecular weight excluding hydrogens is 651 g/mol. The first kappa shape index (κ1) is 45.3. The minimum Gasteiger partial charge on any atom is -0.494 e. The van der Waals surface area contributed by atoms with Crippen LogP contribution in [0.4, 0.5) is 0 Å². The van der Waals surface area contributed by atoms with Gasteiger partial charge in [-0.1, -0.05) is 110 Å². The van der Waals surface area contributed by atoms with Crippen molar-refractivity contribution < 1.29 is 23.5 Å². The molecule has 2 N–H and O–H groups in total. The largest absolute Gasteiger partial charge is 0.494 e. The number of benzene rings is 3. The van der Waals surface area contributed by atoms with E-state index in [-0.39, 0.29) is 17.3 Å². The van der Waals surface area contributed by atoms with Crippen molar-refractivity contribution in [1.29, 1.82) is 0 Å². The molecule has 0 spiro atoms. The summed E-state index contributed by atoms with van der Waals surface area (Å²) < 4.78 is 16.3. The van der Waals surface area contributed by atoms with Crippen molar-refractivity contribution in [3.05, 3.63) is 101 Å². The molecule has 3 aromatic carbocycles. The van der Waals surface area contributed by atoms with Crippen molar-refractivity contribution in [3.63, 3.8) is 0 Å². The number of esters is 1. The highest BCUT2D eigenvalue weighted by Gasteiger charge is 2.14. The van der Waals surface area contributed by atoms with Crippen molar-refractivity contribution in [2.24, 2.45) is 5.73 Å². The number of primary amides is 1. The first-order chi connectivity index (χ1) is 24.9. The Kier molecular flexibility index (Phi) is 22.0. The lowest BCUT2D eigenvalue weighted by Crippen LogP contribution is -2.13. The number of allylic oxidation sites excluding steroid dienone is 2. The molecule has 0 saturated heterocycles. The Morgan fingerprint density at radius 1 is 0.808 bits per heavy atom. The third-order valence-corrected chi connectivity index (χ3v) is 8.18. The van der Waals surface area contributed by atoms with Crippen LogP contribution in [0.3, 0.4) is 0 Å². The van der Waals surface area contributed by atoms with E-state index in [4.69, 9.17) is 14.9 Å². The molecule has 0 unspecified atom stereocenters. The Labute approximate surface area is 313 Å². The van der Waals surface area contributed by atoms with E-state index in [9.17, 15) is 9.59 Å². The molecular formula is C44H63N3O5.